The van der Waals surface area contributed by atoms with Gasteiger partial charge in [0.15, 0.2) is 6.10 Å². The molecule has 0 bridgehead atoms. The molecule has 0 N–H and O–H groups in total. The molecule has 0 spiro atoms. The highest BCUT2D eigenvalue weighted by molar-refractivity contribution is 5.75. The lowest BCUT2D eigenvalue weighted by molar-refractivity contribution is -0.150. The van der Waals surface area contributed by atoms with Crippen molar-refractivity contribution in [3.05, 3.63) is 76.9 Å². The minimum absolute atomic E-state index is 0.111. The molecule has 0 radical (unpaired) electrons. The predicted octanol–water partition coefficient (Wildman–Crippen LogP) is 5.69. The minimum Gasteiger partial charge on any atom is -0.496 e. The van der Waals surface area contributed by atoms with Gasteiger partial charge in [-0.1, -0.05) is 30.3 Å². The van der Waals surface area contributed by atoms with Crippen LogP contribution in [0.2, 0.25) is 0 Å². The number of hydrogen-bond acceptors (Lipinski definition) is 6. The third-order valence-corrected chi connectivity index (χ3v) is 6.56. The second-order valence-electron chi connectivity index (χ2n) is 8.95. The van der Waals surface area contributed by atoms with Crippen LogP contribution in [-0.4, -0.2) is 39.0 Å². The first-order valence-electron chi connectivity index (χ1n) is 12.3. The van der Waals surface area contributed by atoms with Crippen LogP contribution in [0.15, 0.2) is 54.6 Å². The normalized spacial score (nSPS) is 13.7. The van der Waals surface area contributed by atoms with Gasteiger partial charge in [0.25, 0.3) is 0 Å². The number of carbonyl (C=O) groups excluding carboxylic acids is 1. The summed E-state index contributed by atoms with van der Waals surface area (Å²) in [5.41, 5.74) is 6.51. The molecule has 0 aromatic heterocycles. The van der Waals surface area contributed by atoms with Crippen LogP contribution in [0.25, 0.3) is 11.1 Å². The van der Waals surface area contributed by atoms with E-state index in [-0.39, 0.29) is 6.10 Å². The van der Waals surface area contributed by atoms with Gasteiger partial charge in [0.2, 0.25) is 0 Å². The maximum absolute atomic E-state index is 12.1. The van der Waals surface area contributed by atoms with Gasteiger partial charge in [-0.25, -0.2) is 4.79 Å². The van der Waals surface area contributed by atoms with E-state index in [1.807, 2.05) is 37.3 Å². The van der Waals surface area contributed by atoms with Crippen molar-refractivity contribution >= 4 is 5.97 Å². The van der Waals surface area contributed by atoms with Crippen LogP contribution in [0.5, 0.6) is 17.2 Å². The smallest absolute Gasteiger partial charge is 0.347 e. The van der Waals surface area contributed by atoms with E-state index in [2.05, 4.69) is 24.3 Å². The summed E-state index contributed by atoms with van der Waals surface area (Å²) >= 11 is 0. The van der Waals surface area contributed by atoms with E-state index < -0.39 is 12.1 Å². The van der Waals surface area contributed by atoms with Crippen molar-refractivity contribution < 1.29 is 28.5 Å². The van der Waals surface area contributed by atoms with E-state index in [4.69, 9.17) is 23.7 Å². The van der Waals surface area contributed by atoms with Gasteiger partial charge in [-0.3, -0.25) is 0 Å². The van der Waals surface area contributed by atoms with Crippen LogP contribution in [0, 0.1) is 6.92 Å². The molecule has 1 unspecified atom stereocenters. The Kier molecular flexibility index (Phi) is 8.16. The average molecular weight is 491 g/mol. The Morgan fingerprint density at radius 2 is 1.61 bits per heavy atom. The summed E-state index contributed by atoms with van der Waals surface area (Å²) in [7, 11) is 3.31. The summed E-state index contributed by atoms with van der Waals surface area (Å²) in [5, 5.41) is 0. The molecule has 6 heteroatoms. The van der Waals surface area contributed by atoms with Crippen molar-refractivity contribution in [3.63, 3.8) is 0 Å². The Bertz CT molecular complexity index is 1170. The van der Waals surface area contributed by atoms with Crippen LogP contribution < -0.4 is 14.2 Å². The van der Waals surface area contributed by atoms with Crippen LogP contribution in [0.1, 0.15) is 36.1 Å². The first-order chi connectivity index (χ1) is 17.4. The molecule has 6 nitrogen and oxygen atoms in total. The SMILES string of the molecule is CCOC(=O)C(C)Oc1ccc(-c2cc(OC)c(C)c(OC)c2)c(COC2Cc3ccccc3C2)c1. The molecule has 0 fully saturated rings. The molecule has 1 aliphatic carbocycles. The number of carbonyl (C=O) groups is 1. The Morgan fingerprint density at radius 1 is 0.972 bits per heavy atom. The van der Waals surface area contributed by atoms with Gasteiger partial charge in [-0.05, 0) is 85.7 Å². The summed E-state index contributed by atoms with van der Waals surface area (Å²) in [5.74, 6) is 1.69. The quantitative estimate of drug-likeness (QED) is 0.340. The maximum atomic E-state index is 12.1. The summed E-state index contributed by atoms with van der Waals surface area (Å²) in [6, 6.07) is 18.3. The predicted molar refractivity (Wildman–Crippen MR) is 139 cm³/mol. The van der Waals surface area contributed by atoms with Gasteiger partial charge >= 0.3 is 5.97 Å². The van der Waals surface area contributed by atoms with Gasteiger partial charge in [0.1, 0.15) is 17.2 Å². The van der Waals surface area contributed by atoms with E-state index in [1.165, 1.54) is 11.1 Å². The van der Waals surface area contributed by atoms with Crippen molar-refractivity contribution in [2.45, 2.75) is 52.4 Å². The van der Waals surface area contributed by atoms with Crippen molar-refractivity contribution in [1.82, 2.24) is 0 Å². The highest BCUT2D eigenvalue weighted by Gasteiger charge is 2.23. The second-order valence-corrected chi connectivity index (χ2v) is 8.95. The summed E-state index contributed by atoms with van der Waals surface area (Å²) in [6.45, 7) is 6.15. The number of hydrogen-bond donors (Lipinski definition) is 0. The lowest BCUT2D eigenvalue weighted by atomic mass is 9.97. The fraction of sp³-hybridized carbons (Fsp3) is 0.367. The van der Waals surface area contributed by atoms with Crippen LogP contribution in [0.3, 0.4) is 0 Å². The van der Waals surface area contributed by atoms with Gasteiger partial charge < -0.3 is 23.7 Å². The monoisotopic (exact) mass is 490 g/mol. The molecular formula is C30H34O6. The lowest BCUT2D eigenvalue weighted by Gasteiger charge is -2.19. The van der Waals surface area contributed by atoms with E-state index in [1.54, 1.807) is 28.1 Å². The first kappa shape index (κ1) is 25.6. The largest absolute Gasteiger partial charge is 0.496 e. The number of benzene rings is 3. The number of esters is 1. The lowest BCUT2D eigenvalue weighted by Crippen LogP contribution is -2.26. The molecule has 0 saturated heterocycles. The summed E-state index contributed by atoms with van der Waals surface area (Å²) < 4.78 is 28.6. The Morgan fingerprint density at radius 3 is 2.19 bits per heavy atom. The Labute approximate surface area is 213 Å². The molecule has 0 saturated carbocycles. The highest BCUT2D eigenvalue weighted by Crippen LogP contribution is 2.37. The third kappa shape index (κ3) is 5.65. The molecule has 190 valence electrons. The van der Waals surface area contributed by atoms with Crippen LogP contribution in [-0.2, 0) is 33.7 Å². The summed E-state index contributed by atoms with van der Waals surface area (Å²) in [4.78, 5) is 12.1. The van der Waals surface area contributed by atoms with Gasteiger partial charge in [-0.15, -0.1) is 0 Å². The molecule has 36 heavy (non-hydrogen) atoms. The number of ether oxygens (including phenoxy) is 5. The Balaban J connectivity index is 1.63. The molecule has 1 aliphatic rings. The standard InChI is InChI=1S/C30H34O6/c1-6-34-30(31)20(3)36-25-11-12-27(23-16-28(32-4)19(2)29(17-23)33-5)24(15-25)18-35-26-13-21-9-7-8-10-22(21)14-26/h7-12,15-17,20,26H,6,13-14,18H2,1-5H3. The van der Waals surface area contributed by atoms with E-state index in [9.17, 15) is 4.79 Å². The minimum atomic E-state index is -0.714. The zero-order valence-electron chi connectivity index (χ0n) is 21.6. The molecule has 3 aromatic rings. The van der Waals surface area contributed by atoms with E-state index in [0.717, 1.165) is 46.6 Å². The molecule has 1 atom stereocenters. The fourth-order valence-corrected chi connectivity index (χ4v) is 4.64. The van der Waals surface area contributed by atoms with Crippen molar-refractivity contribution in [2.24, 2.45) is 0 Å². The van der Waals surface area contributed by atoms with Crippen LogP contribution >= 0.6 is 0 Å². The molecule has 3 aromatic carbocycles. The average Bonchev–Trinajstić information content (AvgIpc) is 3.31. The van der Waals surface area contributed by atoms with E-state index >= 15 is 0 Å². The molecule has 4 rings (SSSR count). The second kappa shape index (κ2) is 11.5. The van der Waals surface area contributed by atoms with Crippen LogP contribution in [0.4, 0.5) is 0 Å². The van der Waals surface area contributed by atoms with Gasteiger partial charge in [-0.2, -0.15) is 0 Å². The number of rotatable bonds is 10. The zero-order valence-corrected chi connectivity index (χ0v) is 21.6. The van der Waals surface area contributed by atoms with E-state index in [0.29, 0.717) is 19.0 Å². The first-order valence-corrected chi connectivity index (χ1v) is 12.3. The number of methoxy groups -OCH3 is 2. The molecule has 0 heterocycles. The fourth-order valence-electron chi connectivity index (χ4n) is 4.64. The number of fused-ring (bicyclic) bond motifs is 1. The Hall–Kier alpha value is -3.51. The maximum Gasteiger partial charge on any atom is 0.347 e. The van der Waals surface area contributed by atoms with Gasteiger partial charge in [0.05, 0.1) is 33.5 Å². The van der Waals surface area contributed by atoms with Crippen molar-refractivity contribution in [1.29, 1.82) is 0 Å². The molecule has 0 amide bonds. The molecular weight excluding hydrogens is 456 g/mol. The molecule has 0 aliphatic heterocycles. The summed E-state index contributed by atoms with van der Waals surface area (Å²) in [6.07, 6.45) is 1.19. The van der Waals surface area contributed by atoms with Gasteiger partial charge in [0, 0.05) is 5.56 Å². The van der Waals surface area contributed by atoms with Crippen molar-refractivity contribution in [3.8, 4) is 28.4 Å². The topological polar surface area (TPSA) is 63.2 Å². The zero-order chi connectivity index (χ0) is 25.7. The highest BCUT2D eigenvalue weighted by atomic mass is 16.6. The van der Waals surface area contributed by atoms with Crippen molar-refractivity contribution in [2.75, 3.05) is 20.8 Å². The third-order valence-electron chi connectivity index (χ3n) is 6.56.